The van der Waals surface area contributed by atoms with Gasteiger partial charge < -0.3 is 15.2 Å². The van der Waals surface area contributed by atoms with E-state index in [-0.39, 0.29) is 17.7 Å². The van der Waals surface area contributed by atoms with Crippen LogP contribution < -0.4 is 10.1 Å². The first kappa shape index (κ1) is 16.1. The molecule has 0 radical (unpaired) electrons. The van der Waals surface area contributed by atoms with Gasteiger partial charge in [0.25, 0.3) is 0 Å². The highest BCUT2D eigenvalue weighted by Crippen LogP contribution is 2.48. The van der Waals surface area contributed by atoms with Gasteiger partial charge in [0.2, 0.25) is 5.91 Å². The van der Waals surface area contributed by atoms with Gasteiger partial charge in [0, 0.05) is 6.07 Å². The summed E-state index contributed by atoms with van der Waals surface area (Å²) in [5, 5.41) is 13.3. The van der Waals surface area contributed by atoms with Gasteiger partial charge in [-0.2, -0.15) is 0 Å². The Morgan fingerprint density at radius 1 is 1.28 bits per heavy atom. The Kier molecular flexibility index (Phi) is 3.76. The maximum atomic E-state index is 12.9. The minimum Gasteiger partial charge on any atom is -0.494 e. The zero-order chi connectivity index (χ0) is 17.7. The van der Waals surface area contributed by atoms with E-state index in [2.05, 4.69) is 10.3 Å². The van der Waals surface area contributed by atoms with Gasteiger partial charge in [-0.1, -0.05) is 12.2 Å². The van der Waals surface area contributed by atoms with Gasteiger partial charge in [-0.25, -0.2) is 4.98 Å². The number of thiazole rings is 1. The first-order valence-corrected chi connectivity index (χ1v) is 8.96. The van der Waals surface area contributed by atoms with Crippen molar-refractivity contribution in [3.8, 4) is 5.75 Å². The summed E-state index contributed by atoms with van der Waals surface area (Å²) in [6.07, 6.45) is 4.64. The van der Waals surface area contributed by atoms with E-state index in [0.29, 0.717) is 11.4 Å². The highest BCUT2D eigenvalue weighted by Gasteiger charge is 2.51. The summed E-state index contributed by atoms with van der Waals surface area (Å²) in [4.78, 5) is 28.9. The summed E-state index contributed by atoms with van der Waals surface area (Å²) >= 11 is 1.54. The molecule has 4 rings (SSSR count). The third-order valence-corrected chi connectivity index (χ3v) is 6.06. The summed E-state index contributed by atoms with van der Waals surface area (Å²) in [5.74, 6) is -1.90. The van der Waals surface area contributed by atoms with E-state index < -0.39 is 17.8 Å². The number of amides is 1. The summed E-state index contributed by atoms with van der Waals surface area (Å²) in [6, 6.07) is 3.64. The number of aliphatic carboxylic acids is 1. The molecule has 130 valence electrons. The lowest BCUT2D eigenvalue weighted by molar-refractivity contribution is -0.146. The van der Waals surface area contributed by atoms with Gasteiger partial charge in [-0.05, 0) is 31.2 Å². The van der Waals surface area contributed by atoms with Crippen molar-refractivity contribution in [3.05, 3.63) is 29.3 Å². The number of aromatic nitrogens is 1. The Labute approximate surface area is 148 Å². The molecule has 2 bridgehead atoms. The molecule has 0 saturated heterocycles. The number of carboxylic acid groups (broad SMARTS) is 1. The highest BCUT2D eigenvalue weighted by molar-refractivity contribution is 7.18. The Hall–Kier alpha value is -2.41. The first-order chi connectivity index (χ1) is 12.0. The number of allylic oxidation sites excluding steroid dienone is 2. The topological polar surface area (TPSA) is 88.5 Å². The van der Waals surface area contributed by atoms with Crippen LogP contribution in [0.2, 0.25) is 0 Å². The Morgan fingerprint density at radius 2 is 2.00 bits per heavy atom. The SMILES string of the molecule is COc1cc2nc(C)sc2cc1NC(=O)[C@@H]1[C@@H](C(=O)O)[C@H]2C=C[C@H]1C2. The number of rotatable bonds is 4. The maximum absolute atomic E-state index is 12.9. The second kappa shape index (κ2) is 5.84. The molecule has 0 spiro atoms. The Morgan fingerprint density at radius 3 is 2.68 bits per heavy atom. The molecule has 1 saturated carbocycles. The van der Waals surface area contributed by atoms with Crippen molar-refractivity contribution >= 4 is 39.1 Å². The van der Waals surface area contributed by atoms with E-state index in [9.17, 15) is 14.7 Å². The number of fused-ring (bicyclic) bond motifs is 3. The van der Waals surface area contributed by atoms with Crippen molar-refractivity contribution in [1.29, 1.82) is 0 Å². The van der Waals surface area contributed by atoms with E-state index in [1.807, 2.05) is 25.1 Å². The predicted molar refractivity (Wildman–Crippen MR) is 94.9 cm³/mol. The summed E-state index contributed by atoms with van der Waals surface area (Å²) in [5.41, 5.74) is 1.38. The van der Waals surface area contributed by atoms with Crippen LogP contribution in [0, 0.1) is 30.6 Å². The van der Waals surface area contributed by atoms with Crippen LogP contribution in [0.15, 0.2) is 24.3 Å². The number of benzene rings is 1. The largest absolute Gasteiger partial charge is 0.494 e. The molecule has 6 nitrogen and oxygen atoms in total. The Balaban J connectivity index is 1.65. The molecule has 1 fully saturated rings. The van der Waals surface area contributed by atoms with Gasteiger partial charge in [0.15, 0.2) is 0 Å². The zero-order valence-electron chi connectivity index (χ0n) is 13.9. The Bertz CT molecular complexity index is 904. The van der Waals surface area contributed by atoms with Crippen LogP contribution in [0.3, 0.4) is 0 Å². The number of nitrogens with one attached hydrogen (secondary N) is 1. The average Bonchev–Trinajstić information content (AvgIpc) is 3.26. The van der Waals surface area contributed by atoms with Crippen molar-refractivity contribution in [1.82, 2.24) is 4.98 Å². The summed E-state index contributed by atoms with van der Waals surface area (Å²) < 4.78 is 6.34. The molecule has 1 aromatic carbocycles. The number of carboxylic acids is 1. The normalized spacial score (nSPS) is 27.0. The molecule has 4 atom stereocenters. The number of methoxy groups -OCH3 is 1. The molecule has 7 heteroatoms. The number of hydrogen-bond acceptors (Lipinski definition) is 5. The van der Waals surface area contributed by atoms with Crippen LogP contribution in [0.4, 0.5) is 5.69 Å². The smallest absolute Gasteiger partial charge is 0.307 e. The molecular weight excluding hydrogens is 340 g/mol. The quantitative estimate of drug-likeness (QED) is 0.820. The standard InChI is InChI=1S/C18H18N2O4S/c1-8-19-12-6-13(24-2)11(7-14(12)25-8)20-17(21)15-9-3-4-10(5-9)16(15)18(22)23/h3-4,6-7,9-10,15-16H,5H2,1-2H3,(H,20,21)(H,22,23)/t9-,10-,15-,16-/m0/s1. The van der Waals surface area contributed by atoms with Gasteiger partial charge in [0.1, 0.15) is 5.75 Å². The first-order valence-electron chi connectivity index (χ1n) is 8.15. The van der Waals surface area contributed by atoms with Crippen LogP contribution in [0.1, 0.15) is 11.4 Å². The third-order valence-electron chi connectivity index (χ3n) is 5.12. The monoisotopic (exact) mass is 358 g/mol. The molecule has 0 aliphatic heterocycles. The summed E-state index contributed by atoms with van der Waals surface area (Å²) in [6.45, 7) is 1.93. The minimum absolute atomic E-state index is 0.00789. The van der Waals surface area contributed by atoms with Crippen LogP contribution in [-0.4, -0.2) is 29.1 Å². The fourth-order valence-corrected chi connectivity index (χ4v) is 4.92. The lowest BCUT2D eigenvalue weighted by Crippen LogP contribution is -2.36. The molecule has 1 amide bonds. The predicted octanol–water partition coefficient (Wildman–Crippen LogP) is 3.07. The van der Waals surface area contributed by atoms with Gasteiger partial charge in [0.05, 0.1) is 39.9 Å². The number of anilines is 1. The number of nitrogens with zero attached hydrogens (tertiary/aromatic N) is 1. The molecule has 1 heterocycles. The third kappa shape index (κ3) is 2.59. The average molecular weight is 358 g/mol. The fraction of sp³-hybridized carbons (Fsp3) is 0.389. The zero-order valence-corrected chi connectivity index (χ0v) is 14.7. The molecule has 25 heavy (non-hydrogen) atoms. The number of carbonyl (C=O) groups excluding carboxylic acids is 1. The van der Waals surface area contributed by atoms with Crippen molar-refractivity contribution in [2.45, 2.75) is 13.3 Å². The molecule has 2 N–H and O–H groups in total. The van der Waals surface area contributed by atoms with Gasteiger partial charge in [-0.3, -0.25) is 9.59 Å². The van der Waals surface area contributed by atoms with Gasteiger partial charge in [-0.15, -0.1) is 11.3 Å². The fourth-order valence-electron chi connectivity index (χ4n) is 4.07. The van der Waals surface area contributed by atoms with E-state index in [4.69, 9.17) is 4.74 Å². The van der Waals surface area contributed by atoms with Gasteiger partial charge >= 0.3 is 5.97 Å². The number of ether oxygens (including phenoxy) is 1. The molecule has 1 aromatic heterocycles. The highest BCUT2D eigenvalue weighted by atomic mass is 32.1. The van der Waals surface area contributed by atoms with E-state index in [1.54, 1.807) is 6.07 Å². The van der Waals surface area contributed by atoms with Crippen molar-refractivity contribution in [3.63, 3.8) is 0 Å². The van der Waals surface area contributed by atoms with Crippen LogP contribution in [0.25, 0.3) is 10.2 Å². The second-order valence-electron chi connectivity index (χ2n) is 6.58. The molecular formula is C18H18N2O4S. The molecule has 2 aromatic rings. The number of aryl methyl sites for hydroxylation is 1. The minimum atomic E-state index is -0.905. The molecule has 2 aliphatic carbocycles. The lowest BCUT2D eigenvalue weighted by Gasteiger charge is -2.24. The number of carbonyl (C=O) groups is 2. The summed E-state index contributed by atoms with van der Waals surface area (Å²) in [7, 11) is 1.54. The van der Waals surface area contributed by atoms with Crippen LogP contribution in [-0.2, 0) is 9.59 Å². The maximum Gasteiger partial charge on any atom is 0.307 e. The molecule has 2 aliphatic rings. The van der Waals surface area contributed by atoms with Crippen molar-refractivity contribution < 1.29 is 19.4 Å². The van der Waals surface area contributed by atoms with E-state index >= 15 is 0 Å². The van der Waals surface area contributed by atoms with E-state index in [0.717, 1.165) is 21.6 Å². The second-order valence-corrected chi connectivity index (χ2v) is 7.82. The van der Waals surface area contributed by atoms with Crippen molar-refractivity contribution in [2.75, 3.05) is 12.4 Å². The molecule has 0 unspecified atom stereocenters. The van der Waals surface area contributed by atoms with Crippen molar-refractivity contribution in [2.24, 2.45) is 23.7 Å². The lowest BCUT2D eigenvalue weighted by atomic mass is 9.82. The van der Waals surface area contributed by atoms with Crippen LogP contribution >= 0.6 is 11.3 Å². The number of hydrogen-bond donors (Lipinski definition) is 2. The van der Waals surface area contributed by atoms with Crippen LogP contribution in [0.5, 0.6) is 5.75 Å². The van der Waals surface area contributed by atoms with E-state index in [1.165, 1.54) is 18.4 Å².